The van der Waals surface area contributed by atoms with Gasteiger partial charge < -0.3 is 16.2 Å². The molecule has 120 valence electrons. The number of ether oxygens (including phenoxy) is 1. The molecule has 2 rings (SSSR count). The predicted octanol–water partition coefficient (Wildman–Crippen LogP) is 4.13. The van der Waals surface area contributed by atoms with Crippen LogP contribution < -0.4 is 11.5 Å². The first-order valence-corrected chi connectivity index (χ1v) is 7.43. The molecule has 0 aliphatic rings. The first kappa shape index (κ1) is 19.2. The Bertz CT molecular complexity index is 544. The van der Waals surface area contributed by atoms with E-state index in [9.17, 15) is 0 Å². The quantitative estimate of drug-likeness (QED) is 0.813. The molecule has 0 radical (unpaired) electrons. The van der Waals surface area contributed by atoms with Crippen molar-refractivity contribution in [2.75, 3.05) is 13.2 Å². The minimum atomic E-state index is -0.280. The molecule has 4 N–H and O–H groups in total. The van der Waals surface area contributed by atoms with Crippen molar-refractivity contribution in [1.82, 2.24) is 0 Å². The van der Waals surface area contributed by atoms with Crippen LogP contribution in [0.4, 0.5) is 0 Å². The summed E-state index contributed by atoms with van der Waals surface area (Å²) in [5, 5.41) is 1.29. The van der Waals surface area contributed by atoms with Crippen LogP contribution in [0.3, 0.4) is 0 Å². The summed E-state index contributed by atoms with van der Waals surface area (Å²) in [6, 6.07) is 14.4. The molecule has 2 aromatic rings. The van der Waals surface area contributed by atoms with Gasteiger partial charge in [0.2, 0.25) is 0 Å². The van der Waals surface area contributed by atoms with E-state index in [0.717, 1.165) is 11.1 Å². The van der Waals surface area contributed by atoms with Crippen molar-refractivity contribution in [3.63, 3.8) is 0 Å². The Labute approximate surface area is 147 Å². The van der Waals surface area contributed by atoms with Gasteiger partial charge in [-0.3, -0.25) is 0 Å². The second-order valence-corrected chi connectivity index (χ2v) is 5.61. The first-order valence-electron chi connectivity index (χ1n) is 6.67. The molecule has 0 spiro atoms. The first-order chi connectivity index (χ1) is 10.1. The number of nitrogens with two attached hydrogens (primary N) is 2. The fourth-order valence-electron chi connectivity index (χ4n) is 2.05. The topological polar surface area (TPSA) is 61.3 Å². The molecule has 0 fully saturated rings. The van der Waals surface area contributed by atoms with Gasteiger partial charge in [-0.15, -0.1) is 12.4 Å². The maximum absolute atomic E-state index is 6.10. The minimum absolute atomic E-state index is 0. The standard InChI is InChI=1S/C16H18Cl2N2O.ClH/c17-13-7-3-1-5-11(13)15(19)9-21-10-16(20)12-6-2-4-8-14(12)18;/h1-8,15-16H,9-10,19-20H2;1H. The summed E-state index contributed by atoms with van der Waals surface area (Å²) in [4.78, 5) is 0. The molecule has 2 aromatic carbocycles. The molecular formula is C16H19Cl3N2O. The molecular weight excluding hydrogens is 343 g/mol. The summed E-state index contributed by atoms with van der Waals surface area (Å²) >= 11 is 12.2. The third kappa shape index (κ3) is 5.13. The van der Waals surface area contributed by atoms with Crippen LogP contribution in [0.25, 0.3) is 0 Å². The van der Waals surface area contributed by atoms with E-state index >= 15 is 0 Å². The Morgan fingerprint density at radius 3 is 1.50 bits per heavy atom. The zero-order valence-corrected chi connectivity index (χ0v) is 14.2. The van der Waals surface area contributed by atoms with Crippen molar-refractivity contribution >= 4 is 35.6 Å². The summed E-state index contributed by atoms with van der Waals surface area (Å²) < 4.78 is 5.61. The van der Waals surface area contributed by atoms with E-state index in [1.165, 1.54) is 0 Å². The van der Waals surface area contributed by atoms with Crippen molar-refractivity contribution in [3.8, 4) is 0 Å². The molecule has 22 heavy (non-hydrogen) atoms. The third-order valence-electron chi connectivity index (χ3n) is 3.20. The lowest BCUT2D eigenvalue weighted by molar-refractivity contribution is 0.109. The van der Waals surface area contributed by atoms with Crippen molar-refractivity contribution in [2.45, 2.75) is 12.1 Å². The molecule has 3 nitrogen and oxygen atoms in total. The highest BCUT2D eigenvalue weighted by atomic mass is 35.5. The van der Waals surface area contributed by atoms with Crippen LogP contribution in [0.15, 0.2) is 48.5 Å². The van der Waals surface area contributed by atoms with E-state index < -0.39 is 0 Å². The van der Waals surface area contributed by atoms with Crippen molar-refractivity contribution in [3.05, 3.63) is 69.7 Å². The number of hydrogen-bond acceptors (Lipinski definition) is 3. The number of halogens is 3. The van der Waals surface area contributed by atoms with E-state index in [1.807, 2.05) is 48.5 Å². The van der Waals surface area contributed by atoms with Gasteiger partial charge in [-0.1, -0.05) is 59.6 Å². The fraction of sp³-hybridized carbons (Fsp3) is 0.250. The highest BCUT2D eigenvalue weighted by Gasteiger charge is 2.13. The Morgan fingerprint density at radius 2 is 1.14 bits per heavy atom. The molecule has 2 unspecified atom stereocenters. The van der Waals surface area contributed by atoms with Crippen LogP contribution in [-0.2, 0) is 4.74 Å². The molecule has 0 heterocycles. The number of benzene rings is 2. The average Bonchev–Trinajstić information content (AvgIpc) is 2.48. The molecule has 6 heteroatoms. The molecule has 0 saturated carbocycles. The maximum Gasteiger partial charge on any atom is 0.0660 e. The fourth-order valence-corrected chi connectivity index (χ4v) is 2.60. The van der Waals surface area contributed by atoms with Crippen LogP contribution in [0, 0.1) is 0 Å². The molecule has 0 aromatic heterocycles. The highest BCUT2D eigenvalue weighted by Crippen LogP contribution is 2.23. The maximum atomic E-state index is 6.10. The zero-order valence-electron chi connectivity index (χ0n) is 11.9. The van der Waals surface area contributed by atoms with Gasteiger partial charge in [0.15, 0.2) is 0 Å². The normalized spacial score (nSPS) is 13.3. The van der Waals surface area contributed by atoms with Gasteiger partial charge in [-0.25, -0.2) is 0 Å². The molecule has 2 atom stereocenters. The van der Waals surface area contributed by atoms with E-state index in [0.29, 0.717) is 23.3 Å². The molecule has 0 aliphatic carbocycles. The van der Waals surface area contributed by atoms with E-state index in [1.54, 1.807) is 0 Å². The lowest BCUT2D eigenvalue weighted by Gasteiger charge is -2.17. The van der Waals surface area contributed by atoms with Gasteiger partial charge in [0.05, 0.1) is 25.3 Å². The highest BCUT2D eigenvalue weighted by molar-refractivity contribution is 6.31. The smallest absolute Gasteiger partial charge is 0.0660 e. The Hall–Kier alpha value is -0.810. The lowest BCUT2D eigenvalue weighted by atomic mass is 10.1. The van der Waals surface area contributed by atoms with Crippen LogP contribution >= 0.6 is 35.6 Å². The summed E-state index contributed by atoms with van der Waals surface area (Å²) in [6.07, 6.45) is 0. The third-order valence-corrected chi connectivity index (χ3v) is 3.89. The lowest BCUT2D eigenvalue weighted by Crippen LogP contribution is -2.22. The van der Waals surface area contributed by atoms with Crippen LogP contribution in [0.1, 0.15) is 23.2 Å². The van der Waals surface area contributed by atoms with Gasteiger partial charge in [0, 0.05) is 10.0 Å². The van der Waals surface area contributed by atoms with E-state index in [-0.39, 0.29) is 24.5 Å². The Kier molecular flexibility index (Phi) is 8.18. The van der Waals surface area contributed by atoms with Gasteiger partial charge in [-0.05, 0) is 23.3 Å². The summed E-state index contributed by atoms with van der Waals surface area (Å²) in [7, 11) is 0. The van der Waals surface area contributed by atoms with Gasteiger partial charge in [-0.2, -0.15) is 0 Å². The van der Waals surface area contributed by atoms with Crippen LogP contribution in [0.2, 0.25) is 10.0 Å². The monoisotopic (exact) mass is 360 g/mol. The van der Waals surface area contributed by atoms with Gasteiger partial charge in [0.25, 0.3) is 0 Å². The summed E-state index contributed by atoms with van der Waals surface area (Å²) in [6.45, 7) is 0.698. The second kappa shape index (κ2) is 9.36. The Morgan fingerprint density at radius 1 is 0.773 bits per heavy atom. The van der Waals surface area contributed by atoms with Crippen molar-refractivity contribution in [1.29, 1.82) is 0 Å². The number of rotatable bonds is 6. The SMILES string of the molecule is Cl.NC(COCC(N)c1ccccc1Cl)c1ccccc1Cl. The van der Waals surface area contributed by atoms with E-state index in [4.69, 9.17) is 39.4 Å². The molecule has 0 aliphatic heterocycles. The summed E-state index contributed by atoms with van der Waals surface area (Å²) in [5.74, 6) is 0. The molecule has 0 bridgehead atoms. The average molecular weight is 362 g/mol. The van der Waals surface area contributed by atoms with Crippen LogP contribution in [-0.4, -0.2) is 13.2 Å². The predicted molar refractivity (Wildman–Crippen MR) is 94.8 cm³/mol. The Balaban J connectivity index is 0.00000242. The molecule has 0 amide bonds. The van der Waals surface area contributed by atoms with Gasteiger partial charge >= 0.3 is 0 Å². The molecule has 0 saturated heterocycles. The van der Waals surface area contributed by atoms with Crippen LogP contribution in [0.5, 0.6) is 0 Å². The zero-order chi connectivity index (χ0) is 15.2. The largest absolute Gasteiger partial charge is 0.378 e. The van der Waals surface area contributed by atoms with E-state index in [2.05, 4.69) is 0 Å². The summed E-state index contributed by atoms with van der Waals surface area (Å²) in [5.41, 5.74) is 13.9. The minimum Gasteiger partial charge on any atom is -0.378 e. The number of hydrogen-bond donors (Lipinski definition) is 2. The van der Waals surface area contributed by atoms with Crippen molar-refractivity contribution in [2.24, 2.45) is 11.5 Å². The van der Waals surface area contributed by atoms with Crippen molar-refractivity contribution < 1.29 is 4.74 Å². The second-order valence-electron chi connectivity index (χ2n) is 4.79. The van der Waals surface area contributed by atoms with Gasteiger partial charge in [0.1, 0.15) is 0 Å².